The highest BCUT2D eigenvalue weighted by atomic mass is 32.1. The van der Waals surface area contributed by atoms with Gasteiger partial charge in [-0.15, -0.1) is 11.3 Å². The summed E-state index contributed by atoms with van der Waals surface area (Å²) < 4.78 is 0. The molecule has 1 rings (SSSR count). The molecule has 0 radical (unpaired) electrons. The number of aliphatic hydroxyl groups is 2. The average molecular weight is 229 g/mol. The van der Waals surface area contributed by atoms with Crippen LogP contribution in [0, 0.1) is 0 Å². The van der Waals surface area contributed by atoms with E-state index in [9.17, 15) is 5.11 Å². The summed E-state index contributed by atoms with van der Waals surface area (Å²) in [5.74, 6) is 0. The van der Waals surface area contributed by atoms with Gasteiger partial charge in [0.15, 0.2) is 0 Å². The summed E-state index contributed by atoms with van der Waals surface area (Å²) in [6.45, 7) is 3.22. The number of hydrogen-bond donors (Lipinski definition) is 3. The maximum Gasteiger partial charge on any atom is 0.101 e. The molecular weight excluding hydrogens is 210 g/mol. The van der Waals surface area contributed by atoms with Crippen LogP contribution in [0.5, 0.6) is 0 Å². The highest BCUT2D eigenvalue weighted by molar-refractivity contribution is 7.10. The molecule has 0 spiro atoms. The van der Waals surface area contributed by atoms with Crippen molar-refractivity contribution in [1.29, 1.82) is 0 Å². The summed E-state index contributed by atoms with van der Waals surface area (Å²) in [7, 11) is 0. The van der Waals surface area contributed by atoms with Crippen molar-refractivity contribution in [3.05, 3.63) is 22.4 Å². The SMILES string of the molecule is CC(O)CCCNCC(O)c1cccs1. The number of hydrogen-bond acceptors (Lipinski definition) is 4. The molecule has 1 aromatic heterocycles. The summed E-state index contributed by atoms with van der Waals surface area (Å²) in [6, 6.07) is 3.88. The van der Waals surface area contributed by atoms with Crippen molar-refractivity contribution in [3.63, 3.8) is 0 Å². The van der Waals surface area contributed by atoms with E-state index in [0.717, 1.165) is 24.3 Å². The van der Waals surface area contributed by atoms with Gasteiger partial charge in [-0.2, -0.15) is 0 Å². The zero-order chi connectivity index (χ0) is 11.1. The van der Waals surface area contributed by atoms with Crippen LogP contribution in [0.2, 0.25) is 0 Å². The molecule has 4 heteroatoms. The number of thiophene rings is 1. The number of nitrogens with one attached hydrogen (secondary N) is 1. The van der Waals surface area contributed by atoms with Gasteiger partial charge in [0, 0.05) is 11.4 Å². The Morgan fingerprint density at radius 2 is 2.27 bits per heavy atom. The molecule has 0 aliphatic heterocycles. The van der Waals surface area contributed by atoms with Crippen molar-refractivity contribution in [2.75, 3.05) is 13.1 Å². The predicted molar refractivity (Wildman–Crippen MR) is 63.1 cm³/mol. The van der Waals surface area contributed by atoms with Gasteiger partial charge >= 0.3 is 0 Å². The average Bonchev–Trinajstić information content (AvgIpc) is 2.69. The van der Waals surface area contributed by atoms with Crippen molar-refractivity contribution in [2.45, 2.75) is 32.0 Å². The van der Waals surface area contributed by atoms with Crippen LogP contribution in [0.15, 0.2) is 17.5 Å². The molecular formula is C11H19NO2S. The van der Waals surface area contributed by atoms with Gasteiger partial charge in [-0.25, -0.2) is 0 Å². The van der Waals surface area contributed by atoms with Gasteiger partial charge < -0.3 is 15.5 Å². The Balaban J connectivity index is 2.05. The zero-order valence-electron chi connectivity index (χ0n) is 9.02. The summed E-state index contributed by atoms with van der Waals surface area (Å²) >= 11 is 1.57. The van der Waals surface area contributed by atoms with Crippen LogP contribution in [-0.4, -0.2) is 29.4 Å². The number of rotatable bonds is 7. The fourth-order valence-corrected chi connectivity index (χ4v) is 2.05. The van der Waals surface area contributed by atoms with Crippen molar-refractivity contribution in [2.24, 2.45) is 0 Å². The third-order valence-corrected chi connectivity index (χ3v) is 3.16. The van der Waals surface area contributed by atoms with Crippen LogP contribution in [0.1, 0.15) is 30.7 Å². The summed E-state index contributed by atoms with van der Waals surface area (Å²) in [5.41, 5.74) is 0. The minimum absolute atomic E-state index is 0.228. The molecule has 0 saturated heterocycles. The molecule has 86 valence electrons. The molecule has 1 heterocycles. The summed E-state index contributed by atoms with van der Waals surface area (Å²) in [4.78, 5) is 0.998. The van der Waals surface area contributed by atoms with Gasteiger partial charge in [0.25, 0.3) is 0 Å². The second-order valence-electron chi connectivity index (χ2n) is 3.73. The molecule has 3 nitrogen and oxygen atoms in total. The van der Waals surface area contributed by atoms with Crippen LogP contribution >= 0.6 is 11.3 Å². The van der Waals surface area contributed by atoms with Crippen LogP contribution in [0.3, 0.4) is 0 Å². The predicted octanol–water partition coefficient (Wildman–Crippen LogP) is 1.53. The largest absolute Gasteiger partial charge is 0.393 e. The van der Waals surface area contributed by atoms with Crippen molar-refractivity contribution < 1.29 is 10.2 Å². The Bertz CT molecular complexity index is 249. The molecule has 0 saturated carbocycles. The zero-order valence-corrected chi connectivity index (χ0v) is 9.83. The Morgan fingerprint density at radius 3 is 2.87 bits per heavy atom. The molecule has 15 heavy (non-hydrogen) atoms. The van der Waals surface area contributed by atoms with Gasteiger partial charge in [0.05, 0.1) is 6.10 Å². The second kappa shape index (κ2) is 6.95. The molecule has 0 aliphatic rings. The summed E-state index contributed by atoms with van der Waals surface area (Å²) in [6.07, 6.45) is 1.11. The van der Waals surface area contributed by atoms with E-state index in [-0.39, 0.29) is 6.10 Å². The highest BCUT2D eigenvalue weighted by Gasteiger charge is 2.06. The van der Waals surface area contributed by atoms with Crippen LogP contribution < -0.4 is 5.32 Å². The first-order valence-electron chi connectivity index (χ1n) is 5.30. The monoisotopic (exact) mass is 229 g/mol. The maximum atomic E-state index is 9.72. The van der Waals surface area contributed by atoms with Crippen molar-refractivity contribution in [3.8, 4) is 0 Å². The highest BCUT2D eigenvalue weighted by Crippen LogP contribution is 2.17. The minimum atomic E-state index is -0.406. The van der Waals surface area contributed by atoms with Crippen molar-refractivity contribution in [1.82, 2.24) is 5.32 Å². The minimum Gasteiger partial charge on any atom is -0.393 e. The van der Waals surface area contributed by atoms with E-state index in [1.54, 1.807) is 18.3 Å². The topological polar surface area (TPSA) is 52.5 Å². The first-order chi connectivity index (χ1) is 7.20. The third kappa shape index (κ3) is 5.28. The lowest BCUT2D eigenvalue weighted by Gasteiger charge is -2.10. The van der Waals surface area contributed by atoms with Gasteiger partial charge in [-0.1, -0.05) is 6.07 Å². The van der Waals surface area contributed by atoms with Gasteiger partial charge in [0.2, 0.25) is 0 Å². The van der Waals surface area contributed by atoms with Crippen molar-refractivity contribution >= 4 is 11.3 Å². The van der Waals surface area contributed by atoms with Crippen LogP contribution in [0.4, 0.5) is 0 Å². The molecule has 2 atom stereocenters. The van der Waals surface area contributed by atoms with E-state index in [1.165, 1.54) is 0 Å². The van der Waals surface area contributed by atoms with E-state index >= 15 is 0 Å². The van der Waals surface area contributed by atoms with Gasteiger partial charge in [-0.05, 0) is 37.8 Å². The smallest absolute Gasteiger partial charge is 0.101 e. The second-order valence-corrected chi connectivity index (χ2v) is 4.71. The van der Waals surface area contributed by atoms with E-state index in [1.807, 2.05) is 17.5 Å². The first-order valence-corrected chi connectivity index (χ1v) is 6.18. The molecule has 0 aromatic carbocycles. The number of aliphatic hydroxyl groups excluding tert-OH is 2. The summed E-state index contributed by atoms with van der Waals surface area (Å²) in [5, 5.41) is 23.9. The third-order valence-electron chi connectivity index (χ3n) is 2.18. The van der Waals surface area contributed by atoms with E-state index in [2.05, 4.69) is 5.32 Å². The lowest BCUT2D eigenvalue weighted by Crippen LogP contribution is -2.22. The molecule has 0 aliphatic carbocycles. The van der Waals surface area contributed by atoms with Crippen LogP contribution in [-0.2, 0) is 0 Å². The first kappa shape index (κ1) is 12.6. The Kier molecular flexibility index (Phi) is 5.86. The Hall–Kier alpha value is -0.420. The standard InChI is InChI=1S/C11H19NO2S/c1-9(13)4-2-6-12-8-10(14)11-5-3-7-15-11/h3,5,7,9-10,12-14H,2,4,6,8H2,1H3. The molecule has 3 N–H and O–H groups in total. The van der Waals surface area contributed by atoms with E-state index in [4.69, 9.17) is 5.11 Å². The Morgan fingerprint density at radius 1 is 1.47 bits per heavy atom. The Labute approximate surface area is 94.8 Å². The maximum absolute atomic E-state index is 9.72. The molecule has 0 fully saturated rings. The van der Waals surface area contributed by atoms with E-state index < -0.39 is 6.10 Å². The fourth-order valence-electron chi connectivity index (χ4n) is 1.34. The van der Waals surface area contributed by atoms with Gasteiger partial charge in [-0.3, -0.25) is 0 Å². The lowest BCUT2D eigenvalue weighted by atomic mass is 10.2. The molecule has 1 aromatic rings. The molecule has 0 bridgehead atoms. The van der Waals surface area contributed by atoms with Crippen LogP contribution in [0.25, 0.3) is 0 Å². The normalized spacial score (nSPS) is 15.1. The lowest BCUT2D eigenvalue weighted by molar-refractivity contribution is 0.171. The molecule has 2 unspecified atom stereocenters. The fraction of sp³-hybridized carbons (Fsp3) is 0.636. The van der Waals surface area contributed by atoms with Gasteiger partial charge in [0.1, 0.15) is 6.10 Å². The van der Waals surface area contributed by atoms with E-state index in [0.29, 0.717) is 6.54 Å². The molecule has 0 amide bonds. The quantitative estimate of drug-likeness (QED) is 0.622.